The lowest BCUT2D eigenvalue weighted by atomic mass is 10.0. The molecule has 3 N–H and O–H groups in total. The Morgan fingerprint density at radius 1 is 0.453 bits per heavy atom. The molecular weight excluding hydrogens is 791 g/mol. The van der Waals surface area contributed by atoms with Crippen molar-refractivity contribution in [2.45, 2.75) is 328 Å². The fourth-order valence-electron chi connectivity index (χ4n) is 8.95. The normalized spacial score (nSPS) is 13.3. The first-order chi connectivity index (χ1) is 31.5. The van der Waals surface area contributed by atoms with Crippen molar-refractivity contribution in [3.05, 3.63) is 24.3 Å². The summed E-state index contributed by atoms with van der Waals surface area (Å²) in [5.74, 6) is -0.472. The Morgan fingerprint density at radius 3 is 1.16 bits per heavy atom. The van der Waals surface area contributed by atoms with E-state index in [4.69, 9.17) is 4.74 Å². The number of nitrogens with one attached hydrogen (secondary N) is 1. The zero-order valence-corrected chi connectivity index (χ0v) is 43.2. The molecular formula is C58H111NO5. The molecule has 3 atom stereocenters. The Labute approximate surface area is 399 Å². The Kier molecular flexibility index (Phi) is 51.0. The van der Waals surface area contributed by atoms with Gasteiger partial charge in [0, 0.05) is 6.42 Å². The summed E-state index contributed by atoms with van der Waals surface area (Å²) >= 11 is 0. The van der Waals surface area contributed by atoms with Crippen molar-refractivity contribution < 1.29 is 24.5 Å². The topological polar surface area (TPSA) is 95.9 Å². The molecule has 378 valence electrons. The molecule has 3 unspecified atom stereocenters. The van der Waals surface area contributed by atoms with Crippen molar-refractivity contribution in [1.29, 1.82) is 0 Å². The number of allylic oxidation sites excluding steroid dienone is 4. The van der Waals surface area contributed by atoms with Gasteiger partial charge in [0.15, 0.2) is 0 Å². The lowest BCUT2D eigenvalue weighted by Gasteiger charge is -2.24. The molecule has 0 heterocycles. The van der Waals surface area contributed by atoms with Gasteiger partial charge >= 0.3 is 5.97 Å². The van der Waals surface area contributed by atoms with Crippen molar-refractivity contribution in [2.75, 3.05) is 6.61 Å². The zero-order chi connectivity index (χ0) is 46.7. The van der Waals surface area contributed by atoms with E-state index in [0.717, 1.165) is 51.4 Å². The second-order valence-electron chi connectivity index (χ2n) is 19.7. The largest absolute Gasteiger partial charge is 0.462 e. The molecule has 0 aromatic carbocycles. The van der Waals surface area contributed by atoms with Crippen LogP contribution in [0.25, 0.3) is 0 Å². The minimum Gasteiger partial charge on any atom is -0.462 e. The van der Waals surface area contributed by atoms with Gasteiger partial charge in [-0.05, 0) is 51.4 Å². The lowest BCUT2D eigenvalue weighted by Crippen LogP contribution is -2.46. The minimum absolute atomic E-state index is 0.0774. The molecule has 0 saturated carbocycles. The maximum atomic E-state index is 13.2. The Balaban J connectivity index is 4.55. The first kappa shape index (κ1) is 62.3. The molecule has 0 aliphatic rings. The van der Waals surface area contributed by atoms with Crippen LogP contribution in [0.2, 0.25) is 0 Å². The first-order valence-electron chi connectivity index (χ1n) is 28.6. The molecule has 0 radical (unpaired) electrons. The number of esters is 1. The second-order valence-corrected chi connectivity index (χ2v) is 19.7. The number of ether oxygens (including phenoxy) is 1. The number of hydrogen-bond donors (Lipinski definition) is 3. The van der Waals surface area contributed by atoms with Crippen LogP contribution in [0.15, 0.2) is 24.3 Å². The number of carbonyl (C=O) groups is 2. The van der Waals surface area contributed by atoms with Gasteiger partial charge in [-0.25, -0.2) is 0 Å². The molecule has 0 aromatic rings. The summed E-state index contributed by atoms with van der Waals surface area (Å²) in [4.78, 5) is 26.2. The zero-order valence-electron chi connectivity index (χ0n) is 43.2. The molecule has 6 nitrogen and oxygen atoms in total. The fourth-order valence-corrected chi connectivity index (χ4v) is 8.95. The standard InChI is InChI=1S/C58H111NO5/c1-4-7-10-13-16-19-22-24-26-28-29-31-33-36-39-42-45-48-51-58(63)64-54(49-46-43-40-37-35-32-30-27-25-23-20-17-14-11-8-5-2)52-57(62)59-55(53-60)56(61)50-47-44-41-38-34-21-18-15-12-9-6-3/h26,28-29,31,54-56,60-61H,4-25,27,30,32-53H2,1-3H3,(H,59,62)/b28-26+,31-29+. The van der Waals surface area contributed by atoms with E-state index < -0.39 is 18.2 Å². The molecule has 0 aliphatic carbocycles. The van der Waals surface area contributed by atoms with Gasteiger partial charge in [-0.2, -0.15) is 0 Å². The maximum Gasteiger partial charge on any atom is 0.306 e. The van der Waals surface area contributed by atoms with Crippen molar-refractivity contribution in [2.24, 2.45) is 0 Å². The van der Waals surface area contributed by atoms with E-state index in [1.165, 1.54) is 212 Å². The highest BCUT2D eigenvalue weighted by Crippen LogP contribution is 2.19. The van der Waals surface area contributed by atoms with Crippen LogP contribution >= 0.6 is 0 Å². The predicted octanol–water partition coefficient (Wildman–Crippen LogP) is 17.5. The highest BCUT2D eigenvalue weighted by atomic mass is 16.5. The molecule has 1 amide bonds. The maximum absolute atomic E-state index is 13.2. The van der Waals surface area contributed by atoms with Gasteiger partial charge in [0.05, 0.1) is 25.2 Å². The van der Waals surface area contributed by atoms with Crippen LogP contribution in [-0.4, -0.2) is 46.9 Å². The Bertz CT molecular complexity index is 1010. The molecule has 0 rings (SSSR count). The fraction of sp³-hybridized carbons (Fsp3) is 0.897. The van der Waals surface area contributed by atoms with E-state index in [0.29, 0.717) is 19.3 Å². The third-order valence-electron chi connectivity index (χ3n) is 13.3. The summed E-state index contributed by atoms with van der Waals surface area (Å²) in [7, 11) is 0. The average molecular weight is 903 g/mol. The van der Waals surface area contributed by atoms with Gasteiger partial charge in [0.25, 0.3) is 0 Å². The van der Waals surface area contributed by atoms with Crippen molar-refractivity contribution in [1.82, 2.24) is 5.32 Å². The summed E-state index contributed by atoms with van der Waals surface area (Å²) < 4.78 is 5.96. The highest BCUT2D eigenvalue weighted by molar-refractivity contribution is 5.77. The van der Waals surface area contributed by atoms with Gasteiger partial charge in [0.1, 0.15) is 6.10 Å². The van der Waals surface area contributed by atoms with Crippen LogP contribution in [0.4, 0.5) is 0 Å². The molecule has 0 aromatic heterocycles. The molecule has 0 aliphatic heterocycles. The highest BCUT2D eigenvalue weighted by Gasteiger charge is 2.24. The monoisotopic (exact) mass is 902 g/mol. The summed E-state index contributed by atoms with van der Waals surface area (Å²) in [6.45, 7) is 6.50. The molecule has 0 spiro atoms. The van der Waals surface area contributed by atoms with Crippen LogP contribution in [0.1, 0.15) is 310 Å². The number of hydrogen-bond acceptors (Lipinski definition) is 5. The van der Waals surface area contributed by atoms with E-state index in [1.807, 2.05) is 0 Å². The molecule has 6 heteroatoms. The predicted molar refractivity (Wildman–Crippen MR) is 278 cm³/mol. The van der Waals surface area contributed by atoms with Crippen molar-refractivity contribution in [3.8, 4) is 0 Å². The molecule has 64 heavy (non-hydrogen) atoms. The van der Waals surface area contributed by atoms with Crippen molar-refractivity contribution in [3.63, 3.8) is 0 Å². The van der Waals surface area contributed by atoms with Gasteiger partial charge < -0.3 is 20.3 Å². The molecule has 0 fully saturated rings. The van der Waals surface area contributed by atoms with Crippen LogP contribution in [-0.2, 0) is 14.3 Å². The second kappa shape index (κ2) is 52.3. The van der Waals surface area contributed by atoms with Crippen molar-refractivity contribution >= 4 is 11.9 Å². The van der Waals surface area contributed by atoms with E-state index in [2.05, 4.69) is 50.4 Å². The average Bonchev–Trinajstić information content (AvgIpc) is 3.29. The smallest absolute Gasteiger partial charge is 0.306 e. The van der Waals surface area contributed by atoms with E-state index in [9.17, 15) is 19.8 Å². The number of unbranched alkanes of at least 4 members (excludes halogenated alkanes) is 37. The van der Waals surface area contributed by atoms with Crippen LogP contribution < -0.4 is 5.32 Å². The summed E-state index contributed by atoms with van der Waals surface area (Å²) in [6.07, 6.45) is 61.0. The SMILES string of the molecule is CCCCCCCCC/C=C/C=C/CCCCCCCC(=O)OC(CCCCCCCCCCCCCCCCCC)CC(=O)NC(CO)C(O)CCCCCCCCCCCCC. The lowest BCUT2D eigenvalue weighted by molar-refractivity contribution is -0.151. The van der Waals surface area contributed by atoms with E-state index in [-0.39, 0.29) is 24.9 Å². The summed E-state index contributed by atoms with van der Waals surface area (Å²) in [5.41, 5.74) is 0. The van der Waals surface area contributed by atoms with E-state index in [1.54, 1.807) is 0 Å². The molecule has 0 saturated heterocycles. The number of amides is 1. The van der Waals surface area contributed by atoms with Gasteiger partial charge in [-0.15, -0.1) is 0 Å². The third kappa shape index (κ3) is 46.9. The summed E-state index contributed by atoms with van der Waals surface area (Å²) in [5, 5.41) is 23.8. The number of carbonyl (C=O) groups excluding carboxylic acids is 2. The Morgan fingerprint density at radius 2 is 0.781 bits per heavy atom. The number of aliphatic hydroxyl groups excluding tert-OH is 2. The summed E-state index contributed by atoms with van der Waals surface area (Å²) in [6, 6.07) is -0.700. The number of aliphatic hydroxyl groups is 2. The van der Waals surface area contributed by atoms with Gasteiger partial charge in [-0.3, -0.25) is 9.59 Å². The minimum atomic E-state index is -0.786. The Hall–Kier alpha value is -1.66. The third-order valence-corrected chi connectivity index (χ3v) is 13.3. The quantitative estimate of drug-likeness (QED) is 0.0321. The van der Waals surface area contributed by atoms with Gasteiger partial charge in [0.2, 0.25) is 5.91 Å². The van der Waals surface area contributed by atoms with E-state index >= 15 is 0 Å². The van der Waals surface area contributed by atoms with Crippen LogP contribution in [0, 0.1) is 0 Å². The first-order valence-corrected chi connectivity index (χ1v) is 28.6. The van der Waals surface area contributed by atoms with Crippen LogP contribution in [0.3, 0.4) is 0 Å². The number of rotatable bonds is 52. The molecule has 0 bridgehead atoms. The van der Waals surface area contributed by atoms with Crippen LogP contribution in [0.5, 0.6) is 0 Å². The van der Waals surface area contributed by atoms with Gasteiger partial charge in [-0.1, -0.05) is 270 Å².